The number of nitrogen functional groups attached to an aromatic ring is 1. The Kier molecular flexibility index (Phi) is 2.30. The summed E-state index contributed by atoms with van der Waals surface area (Å²) in [5.41, 5.74) is 9.70. The minimum Gasteiger partial charge on any atom is -0.492 e. The van der Waals surface area contributed by atoms with Crippen molar-refractivity contribution in [1.82, 2.24) is 4.98 Å². The van der Waals surface area contributed by atoms with Gasteiger partial charge in [-0.2, -0.15) is 0 Å². The third-order valence-electron chi connectivity index (χ3n) is 3.38. The van der Waals surface area contributed by atoms with Crippen LogP contribution in [-0.2, 0) is 5.41 Å². The van der Waals surface area contributed by atoms with Crippen molar-refractivity contribution in [3.8, 4) is 17.0 Å². The maximum absolute atomic E-state index is 5.68. The van der Waals surface area contributed by atoms with Crippen molar-refractivity contribution in [3.63, 3.8) is 0 Å². The van der Waals surface area contributed by atoms with E-state index in [9.17, 15) is 0 Å². The highest BCUT2D eigenvalue weighted by Crippen LogP contribution is 2.40. The molecule has 1 aromatic carbocycles. The average Bonchev–Trinajstić information content (AvgIpc) is 2.66. The predicted molar refractivity (Wildman–Crippen MR) is 72.6 cm³/mol. The average molecular weight is 240 g/mol. The molecule has 3 heteroatoms. The van der Waals surface area contributed by atoms with Gasteiger partial charge in [-0.25, -0.2) is 0 Å². The van der Waals surface area contributed by atoms with Crippen LogP contribution in [-0.4, -0.2) is 11.6 Å². The highest BCUT2D eigenvalue weighted by molar-refractivity contribution is 5.64. The summed E-state index contributed by atoms with van der Waals surface area (Å²) in [7, 11) is 0. The van der Waals surface area contributed by atoms with E-state index in [1.807, 2.05) is 24.3 Å². The van der Waals surface area contributed by atoms with Gasteiger partial charge < -0.3 is 10.5 Å². The molecule has 0 atom stereocenters. The molecule has 0 saturated carbocycles. The lowest BCUT2D eigenvalue weighted by Gasteiger charge is -2.15. The molecule has 3 rings (SSSR count). The third kappa shape index (κ3) is 1.72. The van der Waals surface area contributed by atoms with E-state index in [-0.39, 0.29) is 5.41 Å². The van der Waals surface area contributed by atoms with Crippen LogP contribution in [0, 0.1) is 0 Å². The first kappa shape index (κ1) is 11.1. The monoisotopic (exact) mass is 240 g/mol. The maximum atomic E-state index is 5.68. The first-order valence-corrected chi connectivity index (χ1v) is 6.05. The molecule has 18 heavy (non-hydrogen) atoms. The van der Waals surface area contributed by atoms with Crippen molar-refractivity contribution in [1.29, 1.82) is 0 Å². The molecule has 1 aliphatic heterocycles. The van der Waals surface area contributed by atoms with Gasteiger partial charge in [-0.15, -0.1) is 0 Å². The molecule has 2 aromatic rings. The van der Waals surface area contributed by atoms with Crippen LogP contribution in [0.3, 0.4) is 0 Å². The molecule has 1 aliphatic rings. The zero-order chi connectivity index (χ0) is 12.8. The van der Waals surface area contributed by atoms with E-state index < -0.39 is 0 Å². The molecule has 0 radical (unpaired) electrons. The number of hydrogen-bond acceptors (Lipinski definition) is 3. The number of nitrogens with zero attached hydrogens (tertiary/aromatic N) is 1. The summed E-state index contributed by atoms with van der Waals surface area (Å²) in [6, 6.07) is 10.0. The summed E-state index contributed by atoms with van der Waals surface area (Å²) in [5.74, 6) is 0.985. The van der Waals surface area contributed by atoms with Gasteiger partial charge in [-0.3, -0.25) is 4.98 Å². The SMILES string of the molecule is CC1(C)COc2ccc(-c3ccc(N)cn3)cc21. The molecular weight excluding hydrogens is 224 g/mol. The smallest absolute Gasteiger partial charge is 0.123 e. The highest BCUT2D eigenvalue weighted by atomic mass is 16.5. The molecule has 0 amide bonds. The van der Waals surface area contributed by atoms with Crippen molar-refractivity contribution in [3.05, 3.63) is 42.1 Å². The number of pyridine rings is 1. The lowest BCUT2D eigenvalue weighted by Crippen LogP contribution is -2.18. The fraction of sp³-hybridized carbons (Fsp3) is 0.267. The summed E-state index contributed by atoms with van der Waals surface area (Å²) in [4.78, 5) is 4.36. The topological polar surface area (TPSA) is 48.1 Å². The van der Waals surface area contributed by atoms with Gasteiger partial charge in [-0.05, 0) is 30.3 Å². The molecule has 1 aromatic heterocycles. The molecule has 0 fully saturated rings. The van der Waals surface area contributed by atoms with Gasteiger partial charge >= 0.3 is 0 Å². The van der Waals surface area contributed by atoms with Crippen molar-refractivity contribution >= 4 is 5.69 Å². The van der Waals surface area contributed by atoms with Crippen LogP contribution in [0.2, 0.25) is 0 Å². The van der Waals surface area contributed by atoms with Gasteiger partial charge in [0.05, 0.1) is 24.2 Å². The normalized spacial score (nSPS) is 16.1. The minimum atomic E-state index is 0.0686. The van der Waals surface area contributed by atoms with Gasteiger partial charge in [0.25, 0.3) is 0 Å². The second kappa shape index (κ2) is 3.73. The van der Waals surface area contributed by atoms with Gasteiger partial charge in [0.15, 0.2) is 0 Å². The first-order valence-electron chi connectivity index (χ1n) is 6.05. The Bertz CT molecular complexity index is 588. The number of hydrogen-bond donors (Lipinski definition) is 1. The van der Waals surface area contributed by atoms with Gasteiger partial charge in [0.2, 0.25) is 0 Å². The second-order valence-electron chi connectivity index (χ2n) is 5.36. The zero-order valence-corrected chi connectivity index (χ0v) is 10.6. The van der Waals surface area contributed by atoms with Crippen LogP contribution in [0.25, 0.3) is 11.3 Å². The molecule has 2 N–H and O–H groups in total. The van der Waals surface area contributed by atoms with Gasteiger partial charge in [-0.1, -0.05) is 13.8 Å². The van der Waals surface area contributed by atoms with Crippen LogP contribution in [0.4, 0.5) is 5.69 Å². The molecule has 2 heterocycles. The van der Waals surface area contributed by atoms with Crippen molar-refractivity contribution in [2.75, 3.05) is 12.3 Å². The number of aromatic nitrogens is 1. The first-order chi connectivity index (χ1) is 8.56. The fourth-order valence-electron chi connectivity index (χ4n) is 2.26. The zero-order valence-electron chi connectivity index (χ0n) is 10.6. The lowest BCUT2D eigenvalue weighted by molar-refractivity contribution is 0.291. The molecule has 0 aliphatic carbocycles. The van der Waals surface area contributed by atoms with E-state index in [1.54, 1.807) is 6.20 Å². The van der Waals surface area contributed by atoms with Crippen molar-refractivity contribution < 1.29 is 4.74 Å². The largest absolute Gasteiger partial charge is 0.492 e. The Hall–Kier alpha value is -2.03. The van der Waals surface area contributed by atoms with Crippen LogP contribution in [0.15, 0.2) is 36.5 Å². The van der Waals surface area contributed by atoms with Crippen molar-refractivity contribution in [2.45, 2.75) is 19.3 Å². The number of anilines is 1. The quantitative estimate of drug-likeness (QED) is 0.833. The molecule has 0 bridgehead atoms. The van der Waals surface area contributed by atoms with Crippen LogP contribution in [0.5, 0.6) is 5.75 Å². The molecule has 3 nitrogen and oxygen atoms in total. The summed E-state index contributed by atoms with van der Waals surface area (Å²) < 4.78 is 5.68. The number of rotatable bonds is 1. The number of benzene rings is 1. The summed E-state index contributed by atoms with van der Waals surface area (Å²) in [5, 5.41) is 0. The Labute approximate surface area is 107 Å². The number of fused-ring (bicyclic) bond motifs is 1. The Morgan fingerprint density at radius 1 is 1.22 bits per heavy atom. The Morgan fingerprint density at radius 3 is 2.78 bits per heavy atom. The van der Waals surface area contributed by atoms with Crippen molar-refractivity contribution in [2.24, 2.45) is 0 Å². The number of ether oxygens (including phenoxy) is 1. The highest BCUT2D eigenvalue weighted by Gasteiger charge is 2.31. The Morgan fingerprint density at radius 2 is 2.06 bits per heavy atom. The standard InChI is InChI=1S/C15H16N2O/c1-15(2)9-18-14-6-3-10(7-12(14)15)13-5-4-11(16)8-17-13/h3-8H,9,16H2,1-2H3. The van der Waals surface area contributed by atoms with E-state index in [1.165, 1.54) is 5.56 Å². The summed E-state index contributed by atoms with van der Waals surface area (Å²) in [6.45, 7) is 5.12. The van der Waals surface area contributed by atoms with Crippen LogP contribution < -0.4 is 10.5 Å². The van der Waals surface area contributed by atoms with Gasteiger partial charge in [0, 0.05) is 16.5 Å². The summed E-state index contributed by atoms with van der Waals surface area (Å²) >= 11 is 0. The lowest BCUT2D eigenvalue weighted by atomic mass is 9.86. The van der Waals surface area contributed by atoms with Crippen LogP contribution >= 0.6 is 0 Å². The molecule has 0 spiro atoms. The predicted octanol–water partition coefficient (Wildman–Crippen LogP) is 3.00. The minimum absolute atomic E-state index is 0.0686. The van der Waals surface area contributed by atoms with E-state index in [0.717, 1.165) is 23.6 Å². The summed E-state index contributed by atoms with van der Waals surface area (Å²) in [6.07, 6.45) is 1.68. The van der Waals surface area contributed by atoms with E-state index in [0.29, 0.717) is 5.69 Å². The molecular formula is C15H16N2O. The van der Waals surface area contributed by atoms with E-state index in [2.05, 4.69) is 24.9 Å². The molecule has 0 saturated heterocycles. The third-order valence-corrected chi connectivity index (χ3v) is 3.38. The Balaban J connectivity index is 2.08. The van der Waals surface area contributed by atoms with E-state index in [4.69, 9.17) is 10.5 Å². The molecule has 0 unspecified atom stereocenters. The number of nitrogens with two attached hydrogens (primary N) is 1. The maximum Gasteiger partial charge on any atom is 0.123 e. The van der Waals surface area contributed by atoms with Gasteiger partial charge in [0.1, 0.15) is 5.75 Å². The van der Waals surface area contributed by atoms with E-state index >= 15 is 0 Å². The second-order valence-corrected chi connectivity index (χ2v) is 5.36. The van der Waals surface area contributed by atoms with Crippen LogP contribution in [0.1, 0.15) is 19.4 Å². The molecule has 92 valence electrons. The fourth-order valence-corrected chi connectivity index (χ4v) is 2.26.